The van der Waals surface area contributed by atoms with Crippen molar-refractivity contribution in [1.82, 2.24) is 4.57 Å². The van der Waals surface area contributed by atoms with E-state index < -0.39 is 0 Å². The van der Waals surface area contributed by atoms with Crippen molar-refractivity contribution < 1.29 is 0 Å². The number of benzene rings is 9. The quantitative estimate of drug-likeness (QED) is 0.170. The number of hydrogen-bond acceptors (Lipinski definition) is 0. The predicted molar refractivity (Wildman–Crippen MR) is 213 cm³/mol. The minimum Gasteiger partial charge on any atom is -0.309 e. The summed E-state index contributed by atoms with van der Waals surface area (Å²) in [6.07, 6.45) is 0. The maximum atomic E-state index is 2.48. The summed E-state index contributed by atoms with van der Waals surface area (Å²) in [5.41, 5.74) is 14.1. The molecule has 1 nitrogen and oxygen atoms in total. The molecule has 0 amide bonds. The van der Waals surface area contributed by atoms with Crippen LogP contribution in [0, 0.1) is 0 Å². The lowest BCUT2D eigenvalue weighted by Gasteiger charge is -2.22. The molecule has 0 saturated heterocycles. The molecule has 1 heterocycles. The number of aromatic nitrogens is 1. The van der Waals surface area contributed by atoms with E-state index >= 15 is 0 Å². The second-order valence-corrected chi connectivity index (χ2v) is 14.5. The molecule has 0 atom stereocenters. The van der Waals surface area contributed by atoms with E-state index in [0.29, 0.717) is 0 Å². The van der Waals surface area contributed by atoms with Gasteiger partial charge in [-0.3, -0.25) is 0 Å². The Bertz CT molecular complexity index is 2980. The highest BCUT2D eigenvalue weighted by Crippen LogP contribution is 2.52. The molecule has 0 radical (unpaired) electrons. The largest absolute Gasteiger partial charge is 0.309 e. The molecule has 0 unspecified atom stereocenters. The zero-order chi connectivity index (χ0) is 33.1. The predicted octanol–water partition coefficient (Wildman–Crippen LogP) is 13.3. The second kappa shape index (κ2) is 9.94. The maximum Gasteiger partial charge on any atom is 0.0547 e. The molecule has 0 spiro atoms. The number of nitrogens with zero attached hydrogens (tertiary/aromatic N) is 1. The highest BCUT2D eigenvalue weighted by Gasteiger charge is 2.37. The van der Waals surface area contributed by atoms with Crippen LogP contribution in [0.2, 0.25) is 0 Å². The molecule has 1 aromatic heterocycles. The molecule has 0 N–H and O–H groups in total. The van der Waals surface area contributed by atoms with Crippen LogP contribution in [0.25, 0.3) is 93.2 Å². The van der Waals surface area contributed by atoms with Crippen molar-refractivity contribution in [2.45, 2.75) is 19.3 Å². The molecule has 234 valence electrons. The van der Waals surface area contributed by atoms with Crippen molar-refractivity contribution >= 4 is 54.1 Å². The van der Waals surface area contributed by atoms with Gasteiger partial charge in [-0.05, 0) is 113 Å². The summed E-state index contributed by atoms with van der Waals surface area (Å²) >= 11 is 0. The van der Waals surface area contributed by atoms with Gasteiger partial charge in [0.15, 0.2) is 0 Å². The third kappa shape index (κ3) is 3.67. The Morgan fingerprint density at radius 3 is 1.68 bits per heavy atom. The molecule has 1 aliphatic carbocycles. The van der Waals surface area contributed by atoms with Gasteiger partial charge in [0, 0.05) is 21.9 Å². The maximum absolute atomic E-state index is 2.48. The first-order valence-electron chi connectivity index (χ1n) is 17.6. The molecule has 0 bridgehead atoms. The molecule has 0 aliphatic heterocycles. The Morgan fingerprint density at radius 2 is 0.960 bits per heavy atom. The highest BCUT2D eigenvalue weighted by atomic mass is 15.0. The average molecular weight is 636 g/mol. The zero-order valence-electron chi connectivity index (χ0n) is 28.0. The Balaban J connectivity index is 1.12. The Labute approximate surface area is 291 Å². The van der Waals surface area contributed by atoms with Gasteiger partial charge in [0.05, 0.1) is 11.0 Å². The number of rotatable bonds is 3. The fourth-order valence-corrected chi connectivity index (χ4v) is 9.14. The molecular weight excluding hydrogens is 603 g/mol. The molecule has 0 fully saturated rings. The van der Waals surface area contributed by atoms with Crippen molar-refractivity contribution in [2.75, 3.05) is 0 Å². The summed E-state index contributed by atoms with van der Waals surface area (Å²) in [4.78, 5) is 0. The molecule has 0 saturated carbocycles. The first-order valence-corrected chi connectivity index (χ1v) is 17.6. The van der Waals surface area contributed by atoms with Gasteiger partial charge in [-0.2, -0.15) is 0 Å². The Hall–Kier alpha value is -6.18. The van der Waals surface area contributed by atoms with Crippen LogP contribution in [0.5, 0.6) is 0 Å². The molecule has 1 heteroatoms. The van der Waals surface area contributed by atoms with Gasteiger partial charge < -0.3 is 4.57 Å². The van der Waals surface area contributed by atoms with E-state index in [-0.39, 0.29) is 5.41 Å². The fourth-order valence-electron chi connectivity index (χ4n) is 9.14. The Kier molecular flexibility index (Phi) is 5.51. The van der Waals surface area contributed by atoms with Crippen LogP contribution in [0.15, 0.2) is 164 Å². The lowest BCUT2D eigenvalue weighted by molar-refractivity contribution is 0.661. The monoisotopic (exact) mass is 635 g/mol. The van der Waals surface area contributed by atoms with Crippen LogP contribution in [-0.2, 0) is 5.41 Å². The number of para-hydroxylation sites is 2. The van der Waals surface area contributed by atoms with Crippen LogP contribution in [0.1, 0.15) is 25.0 Å². The third-order valence-corrected chi connectivity index (χ3v) is 11.5. The lowest BCUT2D eigenvalue weighted by Crippen LogP contribution is -2.15. The van der Waals surface area contributed by atoms with Crippen molar-refractivity contribution in [3.8, 4) is 39.1 Å². The number of fused-ring (bicyclic) bond motifs is 6. The summed E-state index contributed by atoms with van der Waals surface area (Å²) in [6, 6.07) is 61.0. The average Bonchev–Trinajstić information content (AvgIpc) is 3.61. The van der Waals surface area contributed by atoms with Crippen LogP contribution < -0.4 is 0 Å². The van der Waals surface area contributed by atoms with Gasteiger partial charge in [0.25, 0.3) is 0 Å². The minimum absolute atomic E-state index is 0.140. The first kappa shape index (κ1) is 27.7. The van der Waals surface area contributed by atoms with E-state index in [1.54, 1.807) is 0 Å². The van der Waals surface area contributed by atoms with Gasteiger partial charge in [-0.1, -0.05) is 141 Å². The molecule has 50 heavy (non-hydrogen) atoms. The van der Waals surface area contributed by atoms with Gasteiger partial charge in [-0.15, -0.1) is 0 Å². The first-order chi connectivity index (χ1) is 24.6. The highest BCUT2D eigenvalue weighted by molar-refractivity contribution is 6.27. The van der Waals surface area contributed by atoms with Crippen LogP contribution in [0.4, 0.5) is 0 Å². The van der Waals surface area contributed by atoms with Gasteiger partial charge >= 0.3 is 0 Å². The van der Waals surface area contributed by atoms with Crippen molar-refractivity contribution in [2.24, 2.45) is 0 Å². The van der Waals surface area contributed by atoms with Gasteiger partial charge in [0.2, 0.25) is 0 Å². The lowest BCUT2D eigenvalue weighted by atomic mass is 9.80. The molecule has 11 rings (SSSR count). The topological polar surface area (TPSA) is 4.93 Å². The number of hydrogen-bond donors (Lipinski definition) is 0. The van der Waals surface area contributed by atoms with E-state index in [4.69, 9.17) is 0 Å². The van der Waals surface area contributed by atoms with E-state index in [1.165, 1.54) is 104 Å². The molecule has 10 aromatic rings. The molecular formula is C49H33N. The summed E-state index contributed by atoms with van der Waals surface area (Å²) in [5, 5.41) is 10.5. The molecule has 9 aromatic carbocycles. The third-order valence-electron chi connectivity index (χ3n) is 11.5. The summed E-state index contributed by atoms with van der Waals surface area (Å²) in [7, 11) is 0. The summed E-state index contributed by atoms with van der Waals surface area (Å²) < 4.78 is 2.43. The zero-order valence-corrected chi connectivity index (χ0v) is 28.0. The summed E-state index contributed by atoms with van der Waals surface area (Å²) in [5.74, 6) is 0. The summed E-state index contributed by atoms with van der Waals surface area (Å²) in [6.45, 7) is 4.80. The van der Waals surface area contributed by atoms with Crippen LogP contribution >= 0.6 is 0 Å². The van der Waals surface area contributed by atoms with Gasteiger partial charge in [0.1, 0.15) is 0 Å². The minimum atomic E-state index is -0.140. The van der Waals surface area contributed by atoms with Crippen LogP contribution in [-0.4, -0.2) is 4.57 Å². The van der Waals surface area contributed by atoms with Crippen molar-refractivity contribution in [3.05, 3.63) is 175 Å². The fraction of sp³-hybridized carbons (Fsp3) is 0.0612. The van der Waals surface area contributed by atoms with Crippen molar-refractivity contribution in [3.63, 3.8) is 0 Å². The van der Waals surface area contributed by atoms with E-state index in [9.17, 15) is 0 Å². The Morgan fingerprint density at radius 1 is 0.380 bits per heavy atom. The standard InChI is InChI=1S/C49H33N/c1-49(2)43-27-33(36-23-18-32-19-25-39-35(30-11-5-3-6-12-30)22-17-31-20-26-40(36)48(32)47(31)39)21-24-37(43)41-29-46-42(28-44(41)49)38-15-9-10-16-45(38)50(46)34-13-7-4-8-14-34/h3-29H,1-2H3. The van der Waals surface area contributed by atoms with E-state index in [1.807, 2.05) is 0 Å². The van der Waals surface area contributed by atoms with Gasteiger partial charge in [-0.25, -0.2) is 0 Å². The van der Waals surface area contributed by atoms with E-state index in [2.05, 4.69) is 182 Å². The van der Waals surface area contributed by atoms with E-state index in [0.717, 1.165) is 0 Å². The van der Waals surface area contributed by atoms with Crippen LogP contribution in [0.3, 0.4) is 0 Å². The second-order valence-electron chi connectivity index (χ2n) is 14.5. The molecule has 1 aliphatic rings. The van der Waals surface area contributed by atoms with Crippen molar-refractivity contribution in [1.29, 1.82) is 0 Å². The SMILES string of the molecule is CC1(C)c2cc(-c3ccc4ccc5c(-c6ccccc6)ccc6ccc3c4c65)ccc2-c2cc3c(cc21)c1ccccc1n3-c1ccccc1. The normalized spacial score (nSPS) is 13.6. The smallest absolute Gasteiger partial charge is 0.0547 e.